The highest BCUT2D eigenvalue weighted by Gasteiger charge is 2.22. The molecule has 2 heterocycles. The molecule has 0 spiro atoms. The third kappa shape index (κ3) is 6.63. The number of pyridine rings is 2. The first-order valence-electron chi connectivity index (χ1n) is 13.3. The number of nitrogens with one attached hydrogen (secondary N) is 4. The molecule has 0 fully saturated rings. The standard InChI is InChI=1S/C31H34FN9/c1-19(13-32)37-17-27(41-35)30(24-7-5-9-26-23(24)8-6-10-36-26)40-22-11-20(14-33)28-25(12-22)29(21(15-34)16-38-28)39-18-31(2,3)4/h5-12,16-17,19,30,37,40-41H,13,18,35H2,1-4H3,(H,38,39)/b27-17-/t19-,30-/m0/s1. The van der Waals surface area contributed by atoms with Gasteiger partial charge in [0.2, 0.25) is 0 Å². The van der Waals surface area contributed by atoms with Crippen LogP contribution in [-0.4, -0.2) is 29.2 Å². The number of hydrogen-bond acceptors (Lipinski definition) is 9. The van der Waals surface area contributed by atoms with Crippen molar-refractivity contribution in [3.05, 3.63) is 83.4 Å². The Hall–Kier alpha value is -4.93. The number of hydrazine groups is 1. The fourth-order valence-corrected chi connectivity index (χ4v) is 4.45. The van der Waals surface area contributed by atoms with Gasteiger partial charge in [-0.25, -0.2) is 4.39 Å². The minimum Gasteiger partial charge on any atom is -0.384 e. The van der Waals surface area contributed by atoms with E-state index in [0.29, 0.717) is 45.6 Å². The first kappa shape index (κ1) is 29.1. The Kier molecular flexibility index (Phi) is 8.86. The van der Waals surface area contributed by atoms with Crippen molar-refractivity contribution in [1.82, 2.24) is 20.7 Å². The topological polar surface area (TPSA) is 148 Å². The summed E-state index contributed by atoms with van der Waals surface area (Å²) < 4.78 is 13.3. The number of nitrogens with two attached hydrogens (primary N) is 1. The van der Waals surface area contributed by atoms with E-state index in [1.165, 1.54) is 6.20 Å². The number of fused-ring (bicyclic) bond motifs is 2. The van der Waals surface area contributed by atoms with Gasteiger partial charge in [-0.2, -0.15) is 10.5 Å². The van der Waals surface area contributed by atoms with Crippen LogP contribution in [0.2, 0.25) is 0 Å². The number of anilines is 2. The van der Waals surface area contributed by atoms with Gasteiger partial charge in [-0.15, -0.1) is 0 Å². The van der Waals surface area contributed by atoms with E-state index in [2.05, 4.69) is 64.3 Å². The number of benzene rings is 2. The summed E-state index contributed by atoms with van der Waals surface area (Å²) in [7, 11) is 0. The fourth-order valence-electron chi connectivity index (χ4n) is 4.45. The van der Waals surface area contributed by atoms with E-state index in [1.807, 2.05) is 36.4 Å². The van der Waals surface area contributed by atoms with Crippen molar-refractivity contribution < 1.29 is 4.39 Å². The Balaban J connectivity index is 1.90. The molecule has 0 unspecified atom stereocenters. The van der Waals surface area contributed by atoms with Crippen LogP contribution in [-0.2, 0) is 0 Å². The monoisotopic (exact) mass is 551 g/mol. The van der Waals surface area contributed by atoms with Gasteiger partial charge in [-0.1, -0.05) is 39.0 Å². The summed E-state index contributed by atoms with van der Waals surface area (Å²) in [6.45, 7) is 8.06. The van der Waals surface area contributed by atoms with Crippen LogP contribution in [0.25, 0.3) is 21.8 Å². The van der Waals surface area contributed by atoms with Gasteiger partial charge >= 0.3 is 0 Å². The maximum atomic E-state index is 13.3. The normalized spacial score (nSPS) is 13.2. The molecule has 9 nitrogen and oxygen atoms in total. The van der Waals surface area contributed by atoms with Crippen molar-refractivity contribution >= 4 is 33.2 Å². The molecular formula is C31H34FN9. The number of nitrogens with zero attached hydrogens (tertiary/aromatic N) is 4. The number of halogens is 1. The second-order valence-corrected chi connectivity index (χ2v) is 11.1. The predicted octanol–water partition coefficient (Wildman–Crippen LogP) is 5.39. The molecule has 41 heavy (non-hydrogen) atoms. The lowest BCUT2D eigenvalue weighted by atomic mass is 9.96. The van der Waals surface area contributed by atoms with E-state index >= 15 is 0 Å². The van der Waals surface area contributed by atoms with Crippen molar-refractivity contribution in [3.63, 3.8) is 0 Å². The molecule has 2 aromatic carbocycles. The van der Waals surface area contributed by atoms with Gasteiger partial charge in [0.15, 0.2) is 0 Å². The molecule has 4 rings (SSSR count). The number of hydrogen-bond donors (Lipinski definition) is 5. The van der Waals surface area contributed by atoms with Gasteiger partial charge in [0.25, 0.3) is 0 Å². The first-order valence-corrected chi connectivity index (χ1v) is 13.3. The van der Waals surface area contributed by atoms with Crippen molar-refractivity contribution in [2.45, 2.75) is 39.8 Å². The third-order valence-corrected chi connectivity index (χ3v) is 6.54. The minimum absolute atomic E-state index is 0.0556. The molecule has 2 aromatic heterocycles. The molecule has 0 amide bonds. The molecule has 10 heteroatoms. The molecule has 0 saturated heterocycles. The second-order valence-electron chi connectivity index (χ2n) is 11.1. The van der Waals surface area contributed by atoms with Crippen LogP contribution in [0.4, 0.5) is 15.8 Å². The molecule has 210 valence electrons. The second kappa shape index (κ2) is 12.5. The van der Waals surface area contributed by atoms with Crippen molar-refractivity contribution in [1.29, 1.82) is 10.5 Å². The summed E-state index contributed by atoms with van der Waals surface area (Å²) in [6, 6.07) is 16.7. The Bertz CT molecular complexity index is 1660. The third-order valence-electron chi connectivity index (χ3n) is 6.54. The number of nitriles is 2. The van der Waals surface area contributed by atoms with Crippen LogP contribution < -0.4 is 27.2 Å². The molecule has 0 bridgehead atoms. The molecule has 0 radical (unpaired) electrons. The lowest BCUT2D eigenvalue weighted by molar-refractivity contribution is 0.416. The highest BCUT2D eigenvalue weighted by atomic mass is 19.1. The predicted molar refractivity (Wildman–Crippen MR) is 161 cm³/mol. The Labute approximate surface area is 239 Å². The number of rotatable bonds is 10. The summed E-state index contributed by atoms with van der Waals surface area (Å²) in [5.41, 5.74) is 7.35. The SMILES string of the molecule is C[C@@H](CF)N/C=C(\NN)[C@@H](Nc1cc(C#N)c2ncc(C#N)c(NCC(C)(C)C)c2c1)c1cccc2ncccc12. The molecule has 4 aromatic rings. The van der Waals surface area contributed by atoms with Crippen LogP contribution in [0.1, 0.15) is 50.4 Å². The Morgan fingerprint density at radius 3 is 2.54 bits per heavy atom. The zero-order valence-electron chi connectivity index (χ0n) is 23.6. The van der Waals surface area contributed by atoms with Crippen molar-refractivity contribution in [2.24, 2.45) is 11.3 Å². The average Bonchev–Trinajstić information content (AvgIpc) is 2.98. The van der Waals surface area contributed by atoms with Gasteiger partial charge in [0.05, 0.1) is 45.6 Å². The molecule has 0 saturated carbocycles. The smallest absolute Gasteiger partial charge is 0.109 e. The van der Waals surface area contributed by atoms with Crippen LogP contribution in [0.15, 0.2) is 66.8 Å². The van der Waals surface area contributed by atoms with E-state index in [1.54, 1.807) is 25.4 Å². The van der Waals surface area contributed by atoms with Crippen LogP contribution >= 0.6 is 0 Å². The Morgan fingerprint density at radius 1 is 1.07 bits per heavy atom. The molecular weight excluding hydrogens is 517 g/mol. The zero-order valence-corrected chi connectivity index (χ0v) is 23.6. The van der Waals surface area contributed by atoms with Crippen LogP contribution in [0.3, 0.4) is 0 Å². The van der Waals surface area contributed by atoms with Gasteiger partial charge in [0.1, 0.15) is 18.8 Å². The molecule has 0 aliphatic heterocycles. The quantitative estimate of drug-likeness (QED) is 0.129. The first-order chi connectivity index (χ1) is 19.7. The highest BCUT2D eigenvalue weighted by molar-refractivity contribution is 5.99. The molecule has 0 aliphatic rings. The fraction of sp³-hybridized carbons (Fsp3) is 0.290. The number of alkyl halides is 1. The zero-order chi connectivity index (χ0) is 29.6. The van der Waals surface area contributed by atoms with E-state index in [-0.39, 0.29) is 5.41 Å². The van der Waals surface area contributed by atoms with E-state index < -0.39 is 18.8 Å². The maximum absolute atomic E-state index is 13.3. The summed E-state index contributed by atoms with van der Waals surface area (Å²) in [5.74, 6) is 6.01. The maximum Gasteiger partial charge on any atom is 0.109 e. The van der Waals surface area contributed by atoms with Gasteiger partial charge in [0, 0.05) is 41.6 Å². The average molecular weight is 552 g/mol. The van der Waals surface area contributed by atoms with Crippen molar-refractivity contribution in [3.8, 4) is 12.1 Å². The molecule has 6 N–H and O–H groups in total. The molecule has 2 atom stereocenters. The molecule has 0 aliphatic carbocycles. The van der Waals surface area contributed by atoms with Gasteiger partial charge in [-0.3, -0.25) is 15.8 Å². The highest BCUT2D eigenvalue weighted by Crippen LogP contribution is 2.35. The number of aromatic nitrogens is 2. The summed E-state index contributed by atoms with van der Waals surface area (Å²) in [6.07, 6.45) is 4.87. The van der Waals surface area contributed by atoms with Crippen molar-refractivity contribution in [2.75, 3.05) is 23.9 Å². The van der Waals surface area contributed by atoms with E-state index in [0.717, 1.165) is 16.5 Å². The van der Waals surface area contributed by atoms with E-state index in [9.17, 15) is 14.9 Å². The lowest BCUT2D eigenvalue weighted by Gasteiger charge is -2.26. The summed E-state index contributed by atoms with van der Waals surface area (Å²) in [4.78, 5) is 8.94. The van der Waals surface area contributed by atoms with Gasteiger partial charge < -0.3 is 21.4 Å². The largest absolute Gasteiger partial charge is 0.384 e. The van der Waals surface area contributed by atoms with Gasteiger partial charge in [-0.05, 0) is 42.2 Å². The van der Waals surface area contributed by atoms with Crippen LogP contribution in [0.5, 0.6) is 0 Å². The summed E-state index contributed by atoms with van der Waals surface area (Å²) >= 11 is 0. The van der Waals surface area contributed by atoms with Crippen LogP contribution in [0, 0.1) is 28.1 Å². The summed E-state index contributed by atoms with van der Waals surface area (Å²) in [5, 5.41) is 31.4. The Morgan fingerprint density at radius 2 is 1.85 bits per heavy atom. The minimum atomic E-state index is -0.556. The van der Waals surface area contributed by atoms with E-state index in [4.69, 9.17) is 5.84 Å². The lowest BCUT2D eigenvalue weighted by Crippen LogP contribution is -2.33.